The Balaban J connectivity index is 1.86. The molecule has 168 valence electrons. The second-order valence-electron chi connectivity index (χ2n) is 7.17. The topological polar surface area (TPSA) is 46.2 Å². The van der Waals surface area contributed by atoms with E-state index in [0.29, 0.717) is 34.5 Å². The molecular formula is C28H26O5. The van der Waals surface area contributed by atoms with Crippen molar-refractivity contribution in [2.45, 2.75) is 0 Å². The summed E-state index contributed by atoms with van der Waals surface area (Å²) < 4.78 is 29.1. The third-order valence-electron chi connectivity index (χ3n) is 5.39. The Morgan fingerprint density at radius 2 is 0.667 bits per heavy atom. The molecule has 0 fully saturated rings. The highest BCUT2D eigenvalue weighted by molar-refractivity contribution is 5.84. The van der Waals surface area contributed by atoms with Gasteiger partial charge in [-0.3, -0.25) is 0 Å². The second kappa shape index (κ2) is 10.0. The number of para-hydroxylation sites is 2. The van der Waals surface area contributed by atoms with Crippen molar-refractivity contribution >= 4 is 0 Å². The molecule has 0 bridgehead atoms. The van der Waals surface area contributed by atoms with E-state index in [0.717, 1.165) is 22.3 Å². The summed E-state index contributed by atoms with van der Waals surface area (Å²) in [6.45, 7) is 0. The minimum Gasteiger partial charge on any atom is -0.496 e. The first-order chi connectivity index (χ1) is 16.2. The fourth-order valence-corrected chi connectivity index (χ4v) is 3.88. The molecule has 0 unspecified atom stereocenters. The zero-order valence-electron chi connectivity index (χ0n) is 19.1. The molecule has 4 aromatic rings. The normalized spacial score (nSPS) is 10.4. The molecule has 0 saturated carbocycles. The molecule has 0 atom stereocenters. The van der Waals surface area contributed by atoms with Gasteiger partial charge in [-0.25, -0.2) is 0 Å². The van der Waals surface area contributed by atoms with Crippen LogP contribution in [-0.2, 0) is 0 Å². The first-order valence-corrected chi connectivity index (χ1v) is 10.5. The summed E-state index contributed by atoms with van der Waals surface area (Å²) in [5.41, 5.74) is 3.36. The molecule has 0 saturated heterocycles. The van der Waals surface area contributed by atoms with E-state index in [1.807, 2.05) is 84.9 Å². The summed E-state index contributed by atoms with van der Waals surface area (Å²) in [4.78, 5) is 0. The van der Waals surface area contributed by atoms with E-state index >= 15 is 0 Å². The van der Waals surface area contributed by atoms with Gasteiger partial charge in [0.25, 0.3) is 0 Å². The van der Waals surface area contributed by atoms with Crippen LogP contribution in [0.2, 0.25) is 0 Å². The number of hydrogen-bond acceptors (Lipinski definition) is 5. The van der Waals surface area contributed by atoms with Crippen molar-refractivity contribution in [3.63, 3.8) is 0 Å². The van der Waals surface area contributed by atoms with E-state index in [1.54, 1.807) is 28.4 Å². The zero-order chi connectivity index (χ0) is 23.2. The standard InChI is InChI=1S/C28H26O5/c1-29-23-15-9-16-24(30-2)27(23)19-11-5-7-13-21(19)33-22-14-8-6-12-20(22)28-25(31-3)17-10-18-26(28)32-4/h5-18H,1-4H3. The van der Waals surface area contributed by atoms with Crippen LogP contribution in [0.1, 0.15) is 0 Å². The first-order valence-electron chi connectivity index (χ1n) is 10.5. The Hall–Kier alpha value is -4.12. The van der Waals surface area contributed by atoms with Crippen LogP contribution in [0.3, 0.4) is 0 Å². The first kappa shape index (κ1) is 22.1. The van der Waals surface area contributed by atoms with Crippen molar-refractivity contribution < 1.29 is 23.7 Å². The third-order valence-corrected chi connectivity index (χ3v) is 5.39. The number of ether oxygens (including phenoxy) is 5. The average Bonchev–Trinajstić information content (AvgIpc) is 2.88. The van der Waals surface area contributed by atoms with Gasteiger partial charge in [-0.2, -0.15) is 0 Å². The van der Waals surface area contributed by atoms with Gasteiger partial charge in [-0.15, -0.1) is 0 Å². The molecule has 4 aromatic carbocycles. The molecule has 0 radical (unpaired) electrons. The Morgan fingerprint density at radius 3 is 1.00 bits per heavy atom. The SMILES string of the molecule is COc1cccc(OC)c1-c1ccccc1Oc1ccccc1-c1c(OC)cccc1OC. The Labute approximate surface area is 194 Å². The molecular weight excluding hydrogens is 416 g/mol. The van der Waals surface area contributed by atoms with Gasteiger partial charge in [0.2, 0.25) is 0 Å². The predicted molar refractivity (Wildman–Crippen MR) is 130 cm³/mol. The summed E-state index contributed by atoms with van der Waals surface area (Å²) >= 11 is 0. The smallest absolute Gasteiger partial charge is 0.135 e. The second-order valence-corrected chi connectivity index (χ2v) is 7.17. The highest BCUT2D eigenvalue weighted by Gasteiger charge is 2.20. The van der Waals surface area contributed by atoms with Crippen molar-refractivity contribution in [1.29, 1.82) is 0 Å². The molecule has 0 aromatic heterocycles. The van der Waals surface area contributed by atoms with E-state index in [4.69, 9.17) is 23.7 Å². The fourth-order valence-electron chi connectivity index (χ4n) is 3.88. The van der Waals surface area contributed by atoms with Gasteiger partial charge in [0, 0.05) is 11.1 Å². The molecule has 0 amide bonds. The third kappa shape index (κ3) is 4.30. The molecule has 0 aliphatic rings. The molecule has 0 heterocycles. The summed E-state index contributed by atoms with van der Waals surface area (Å²) in [5.74, 6) is 4.13. The average molecular weight is 443 g/mol. The molecule has 0 aliphatic carbocycles. The summed E-state index contributed by atoms with van der Waals surface area (Å²) in [5, 5.41) is 0. The predicted octanol–water partition coefficient (Wildman–Crippen LogP) is 6.85. The molecule has 5 nitrogen and oxygen atoms in total. The van der Waals surface area contributed by atoms with Crippen molar-refractivity contribution in [3.05, 3.63) is 84.9 Å². The number of hydrogen-bond donors (Lipinski definition) is 0. The summed E-state index contributed by atoms with van der Waals surface area (Å²) in [6, 6.07) is 27.0. The van der Waals surface area contributed by atoms with Crippen LogP contribution in [0.5, 0.6) is 34.5 Å². The van der Waals surface area contributed by atoms with E-state index in [2.05, 4.69) is 0 Å². The molecule has 4 rings (SSSR count). The van der Waals surface area contributed by atoms with Crippen LogP contribution in [0.25, 0.3) is 22.3 Å². The van der Waals surface area contributed by atoms with E-state index in [-0.39, 0.29) is 0 Å². The lowest BCUT2D eigenvalue weighted by atomic mass is 10.0. The largest absolute Gasteiger partial charge is 0.496 e. The van der Waals surface area contributed by atoms with Gasteiger partial charge < -0.3 is 23.7 Å². The molecule has 0 aliphatic heterocycles. The maximum absolute atomic E-state index is 6.53. The van der Waals surface area contributed by atoms with Gasteiger partial charge in [-0.05, 0) is 36.4 Å². The van der Waals surface area contributed by atoms with Crippen LogP contribution >= 0.6 is 0 Å². The van der Waals surface area contributed by atoms with Crippen molar-refractivity contribution in [2.24, 2.45) is 0 Å². The van der Waals surface area contributed by atoms with Crippen molar-refractivity contribution in [1.82, 2.24) is 0 Å². The summed E-state index contributed by atoms with van der Waals surface area (Å²) in [7, 11) is 6.58. The van der Waals surface area contributed by atoms with Gasteiger partial charge in [0.15, 0.2) is 0 Å². The highest BCUT2D eigenvalue weighted by atomic mass is 16.5. The van der Waals surface area contributed by atoms with Crippen LogP contribution in [0.15, 0.2) is 84.9 Å². The van der Waals surface area contributed by atoms with E-state index in [1.165, 1.54) is 0 Å². The van der Waals surface area contributed by atoms with Crippen LogP contribution in [0.4, 0.5) is 0 Å². The van der Waals surface area contributed by atoms with E-state index < -0.39 is 0 Å². The van der Waals surface area contributed by atoms with Gasteiger partial charge >= 0.3 is 0 Å². The minimum atomic E-state index is 0.668. The lowest BCUT2D eigenvalue weighted by Crippen LogP contribution is -1.97. The molecule has 5 heteroatoms. The van der Waals surface area contributed by atoms with Gasteiger partial charge in [0.05, 0.1) is 39.6 Å². The maximum atomic E-state index is 6.53. The van der Waals surface area contributed by atoms with Gasteiger partial charge in [0.1, 0.15) is 34.5 Å². The van der Waals surface area contributed by atoms with Gasteiger partial charge in [-0.1, -0.05) is 48.5 Å². The van der Waals surface area contributed by atoms with Crippen LogP contribution in [0, 0.1) is 0 Å². The zero-order valence-corrected chi connectivity index (χ0v) is 19.1. The Morgan fingerprint density at radius 1 is 0.364 bits per heavy atom. The number of rotatable bonds is 8. The highest BCUT2D eigenvalue weighted by Crippen LogP contribution is 2.47. The lowest BCUT2D eigenvalue weighted by molar-refractivity contribution is 0.396. The molecule has 33 heavy (non-hydrogen) atoms. The summed E-state index contributed by atoms with van der Waals surface area (Å²) in [6.07, 6.45) is 0. The van der Waals surface area contributed by atoms with Crippen molar-refractivity contribution in [3.8, 4) is 56.8 Å². The Bertz CT molecular complexity index is 1110. The quantitative estimate of drug-likeness (QED) is 0.299. The minimum absolute atomic E-state index is 0.668. The van der Waals surface area contributed by atoms with Crippen LogP contribution < -0.4 is 23.7 Å². The monoisotopic (exact) mass is 442 g/mol. The van der Waals surface area contributed by atoms with Crippen molar-refractivity contribution in [2.75, 3.05) is 28.4 Å². The lowest BCUT2D eigenvalue weighted by Gasteiger charge is -2.19. The number of methoxy groups -OCH3 is 4. The maximum Gasteiger partial charge on any atom is 0.135 e. The molecule has 0 spiro atoms. The fraction of sp³-hybridized carbons (Fsp3) is 0.143. The molecule has 0 N–H and O–H groups in total. The van der Waals surface area contributed by atoms with E-state index in [9.17, 15) is 0 Å². The van der Waals surface area contributed by atoms with Crippen LogP contribution in [-0.4, -0.2) is 28.4 Å². The Kier molecular flexibility index (Phi) is 6.69. The number of benzene rings is 4.